The maximum absolute atomic E-state index is 9.04. The molecule has 0 atom stereocenters. The van der Waals surface area contributed by atoms with E-state index in [1.807, 2.05) is 6.20 Å². The van der Waals surface area contributed by atoms with Crippen LogP contribution < -0.4 is 21.5 Å². The summed E-state index contributed by atoms with van der Waals surface area (Å²) >= 11 is 0. The van der Waals surface area contributed by atoms with E-state index in [-0.39, 0.29) is 23.6 Å². The van der Waals surface area contributed by atoms with Crippen LogP contribution in [0.2, 0.25) is 0 Å². The van der Waals surface area contributed by atoms with Gasteiger partial charge in [0.25, 0.3) is 5.82 Å². The second-order valence-corrected chi connectivity index (χ2v) is 7.88. The maximum Gasteiger partial charge on any atom is 0.256 e. The molecule has 160 valence electrons. The molecule has 0 bridgehead atoms. The van der Waals surface area contributed by atoms with Gasteiger partial charge in [0.15, 0.2) is 0 Å². The zero-order valence-electron chi connectivity index (χ0n) is 17.9. The number of unbranched alkanes of at least 4 members (excludes halogenated alkanes) is 15. The minimum Gasteiger partial charge on any atom is -1.00 e. The Morgan fingerprint density at radius 2 is 1.19 bits per heavy atom. The van der Waals surface area contributed by atoms with Crippen molar-refractivity contribution in [3.8, 4) is 0 Å². The number of imidazole rings is 1. The first-order valence-electron chi connectivity index (χ1n) is 11.5. The number of nitrogens with one attached hydrogen (secondary N) is 1. The first kappa shape index (κ1) is 26.6. The summed E-state index contributed by atoms with van der Waals surface area (Å²) in [6.45, 7) is 3.59. The lowest BCUT2D eigenvalue weighted by atomic mass is 10.0. The van der Waals surface area contributed by atoms with Crippen LogP contribution in [0.15, 0.2) is 12.4 Å². The number of aliphatic hydroxyl groups excluding tert-OH is 1. The van der Waals surface area contributed by atoms with Crippen molar-refractivity contribution in [3.05, 3.63) is 18.2 Å². The van der Waals surface area contributed by atoms with Crippen LogP contribution in [0.25, 0.3) is 0 Å². The fraction of sp³-hybridized carbons (Fsp3) is 0.870. The Bertz CT molecular complexity index is 409. The molecular formula is C23H45BrN2O. The van der Waals surface area contributed by atoms with Crippen LogP contribution in [0.3, 0.4) is 0 Å². The number of nitrogens with zero attached hydrogens (tertiary/aromatic N) is 1. The predicted octanol–water partition coefficient (Wildman–Crippen LogP) is 3.10. The Morgan fingerprint density at radius 1 is 0.741 bits per heavy atom. The van der Waals surface area contributed by atoms with Crippen molar-refractivity contribution in [1.29, 1.82) is 0 Å². The molecule has 0 saturated heterocycles. The molecular weight excluding hydrogens is 400 g/mol. The molecule has 0 aromatic carbocycles. The first-order valence-corrected chi connectivity index (χ1v) is 11.5. The number of hydrogen-bond donors (Lipinski definition) is 2. The predicted molar refractivity (Wildman–Crippen MR) is 111 cm³/mol. The molecule has 1 aromatic heterocycles. The standard InChI is InChI=1S/C23H44N2O.BrH/c1-2-3-4-5-6-7-8-9-10-11-12-13-14-15-16-17-20-25-21-19-24-23(25)18-22-26;/h19,21,26H,2-18,20,22H2,1H3;1H. The van der Waals surface area contributed by atoms with Gasteiger partial charge < -0.3 is 22.1 Å². The molecule has 27 heavy (non-hydrogen) atoms. The molecule has 0 fully saturated rings. The monoisotopic (exact) mass is 444 g/mol. The smallest absolute Gasteiger partial charge is 0.256 e. The molecule has 1 heterocycles. The van der Waals surface area contributed by atoms with E-state index in [2.05, 4.69) is 22.7 Å². The van der Waals surface area contributed by atoms with Gasteiger partial charge in [-0.25, -0.2) is 9.55 Å². The van der Waals surface area contributed by atoms with Crippen LogP contribution in [0.1, 0.15) is 115 Å². The normalized spacial score (nSPS) is 10.9. The molecule has 0 radical (unpaired) electrons. The molecule has 3 nitrogen and oxygen atoms in total. The van der Waals surface area contributed by atoms with E-state index in [1.165, 1.54) is 103 Å². The third-order valence-electron chi connectivity index (χ3n) is 5.45. The molecule has 0 spiro atoms. The molecule has 0 saturated carbocycles. The molecule has 2 N–H and O–H groups in total. The average Bonchev–Trinajstić information content (AvgIpc) is 3.09. The van der Waals surface area contributed by atoms with Crippen LogP contribution in [0, 0.1) is 0 Å². The van der Waals surface area contributed by atoms with Gasteiger partial charge >= 0.3 is 0 Å². The van der Waals surface area contributed by atoms with Gasteiger partial charge in [-0.05, 0) is 12.8 Å². The largest absolute Gasteiger partial charge is 1.00 e. The number of aryl methyl sites for hydroxylation is 1. The lowest BCUT2D eigenvalue weighted by molar-refractivity contribution is -0.703. The third kappa shape index (κ3) is 15.3. The summed E-state index contributed by atoms with van der Waals surface area (Å²) in [6, 6.07) is 0. The van der Waals surface area contributed by atoms with Gasteiger partial charge in [0.05, 0.1) is 19.6 Å². The highest BCUT2D eigenvalue weighted by atomic mass is 79.9. The lowest BCUT2D eigenvalue weighted by Crippen LogP contribution is -3.00. The van der Waals surface area contributed by atoms with E-state index in [9.17, 15) is 0 Å². The number of rotatable bonds is 19. The number of aromatic amines is 1. The summed E-state index contributed by atoms with van der Waals surface area (Å²) in [5.41, 5.74) is 0. The number of H-pyrrole nitrogens is 1. The summed E-state index contributed by atoms with van der Waals surface area (Å²) in [5, 5.41) is 9.04. The topological polar surface area (TPSA) is 39.9 Å². The van der Waals surface area contributed by atoms with E-state index in [0.717, 1.165) is 18.8 Å². The summed E-state index contributed by atoms with van der Waals surface area (Å²) in [6.07, 6.45) is 27.4. The Kier molecular flexibility index (Phi) is 20.1. The first-order chi connectivity index (χ1) is 12.9. The highest BCUT2D eigenvalue weighted by Crippen LogP contribution is 2.13. The Labute approximate surface area is 179 Å². The Morgan fingerprint density at radius 3 is 1.63 bits per heavy atom. The minimum atomic E-state index is 0. The zero-order chi connectivity index (χ0) is 18.7. The van der Waals surface area contributed by atoms with E-state index in [1.54, 1.807) is 0 Å². The van der Waals surface area contributed by atoms with Gasteiger partial charge in [-0.15, -0.1) is 0 Å². The van der Waals surface area contributed by atoms with Crippen molar-refractivity contribution in [2.75, 3.05) is 6.61 Å². The van der Waals surface area contributed by atoms with Crippen LogP contribution in [-0.4, -0.2) is 16.7 Å². The maximum atomic E-state index is 9.04. The van der Waals surface area contributed by atoms with Crippen molar-refractivity contribution in [1.82, 2.24) is 4.98 Å². The van der Waals surface area contributed by atoms with Crippen molar-refractivity contribution in [3.63, 3.8) is 0 Å². The minimum absolute atomic E-state index is 0. The molecule has 1 aromatic rings. The SMILES string of the molecule is CCCCCCCCCCCCCCCCCC[n+]1cc[nH]c1CCO.[Br-]. The third-order valence-corrected chi connectivity index (χ3v) is 5.45. The fourth-order valence-corrected chi connectivity index (χ4v) is 3.76. The van der Waals surface area contributed by atoms with E-state index >= 15 is 0 Å². The molecule has 1 rings (SSSR count). The van der Waals surface area contributed by atoms with Gasteiger partial charge in [-0.2, -0.15) is 0 Å². The van der Waals surface area contributed by atoms with Gasteiger partial charge in [-0.3, -0.25) is 0 Å². The van der Waals surface area contributed by atoms with Crippen LogP contribution in [-0.2, 0) is 13.0 Å². The van der Waals surface area contributed by atoms with Gasteiger partial charge in [0, 0.05) is 0 Å². The molecule has 0 amide bonds. The van der Waals surface area contributed by atoms with Crippen LogP contribution >= 0.6 is 0 Å². The lowest BCUT2D eigenvalue weighted by Gasteiger charge is -2.04. The second-order valence-electron chi connectivity index (χ2n) is 7.88. The van der Waals surface area contributed by atoms with Crippen molar-refractivity contribution in [2.24, 2.45) is 0 Å². The quantitative estimate of drug-likeness (QED) is 0.249. The van der Waals surface area contributed by atoms with Crippen LogP contribution in [0.4, 0.5) is 0 Å². The Hall–Kier alpha value is -0.350. The van der Waals surface area contributed by atoms with E-state index in [4.69, 9.17) is 5.11 Å². The summed E-state index contributed by atoms with van der Waals surface area (Å²) < 4.78 is 2.25. The van der Waals surface area contributed by atoms with Crippen LogP contribution in [0.5, 0.6) is 0 Å². The van der Waals surface area contributed by atoms with Crippen molar-refractivity contribution < 1.29 is 26.7 Å². The molecule has 0 aliphatic carbocycles. The summed E-state index contributed by atoms with van der Waals surface area (Å²) in [5.74, 6) is 1.15. The highest BCUT2D eigenvalue weighted by Gasteiger charge is 2.08. The second kappa shape index (κ2) is 20.4. The van der Waals surface area contributed by atoms with Gasteiger partial charge in [-0.1, -0.05) is 96.8 Å². The summed E-state index contributed by atoms with van der Waals surface area (Å²) in [7, 11) is 0. The number of halogens is 1. The fourth-order valence-electron chi connectivity index (χ4n) is 3.76. The number of aromatic nitrogens is 2. The van der Waals surface area contributed by atoms with E-state index in [0.29, 0.717) is 0 Å². The molecule has 0 aliphatic rings. The van der Waals surface area contributed by atoms with Gasteiger partial charge in [0.2, 0.25) is 0 Å². The number of aliphatic hydroxyl groups is 1. The Balaban J connectivity index is 0.00000676. The zero-order valence-corrected chi connectivity index (χ0v) is 19.4. The molecule has 4 heteroatoms. The van der Waals surface area contributed by atoms with Crippen molar-refractivity contribution in [2.45, 2.75) is 123 Å². The summed E-state index contributed by atoms with van der Waals surface area (Å²) in [4.78, 5) is 3.21. The van der Waals surface area contributed by atoms with E-state index < -0.39 is 0 Å². The highest BCUT2D eigenvalue weighted by molar-refractivity contribution is 4.76. The number of hydrogen-bond acceptors (Lipinski definition) is 1. The molecule has 0 aliphatic heterocycles. The average molecular weight is 446 g/mol. The van der Waals surface area contributed by atoms with Crippen molar-refractivity contribution >= 4 is 0 Å². The van der Waals surface area contributed by atoms with Gasteiger partial charge in [0.1, 0.15) is 12.4 Å². The molecule has 0 unspecified atom stereocenters.